The van der Waals surface area contributed by atoms with Crippen LogP contribution in [0.2, 0.25) is 0 Å². The Morgan fingerprint density at radius 3 is 2.23 bits per heavy atom. The fourth-order valence-electron chi connectivity index (χ4n) is 5.58. The van der Waals surface area contributed by atoms with Gasteiger partial charge in [0.2, 0.25) is 0 Å². The topological polar surface area (TPSA) is 77.5 Å². The molecule has 226 valence electrons. The normalized spacial score (nSPS) is 18.5. The zero-order chi connectivity index (χ0) is 29.9. The summed E-state index contributed by atoms with van der Waals surface area (Å²) in [4.78, 5) is 13.5. The third-order valence-corrected chi connectivity index (χ3v) is 7.76. The second-order valence-electron chi connectivity index (χ2n) is 11.0. The van der Waals surface area contributed by atoms with Crippen molar-refractivity contribution in [3.05, 3.63) is 114 Å². The van der Waals surface area contributed by atoms with E-state index in [4.69, 9.17) is 18.9 Å². The van der Waals surface area contributed by atoms with E-state index >= 15 is 0 Å². The molecule has 1 heterocycles. The number of carbonyl (C=O) groups is 1. The molecule has 7 heteroatoms. The minimum Gasteiger partial charge on any atom is -0.494 e. The van der Waals surface area contributed by atoms with Crippen LogP contribution >= 0.6 is 0 Å². The van der Waals surface area contributed by atoms with E-state index in [1.807, 2.05) is 42.5 Å². The van der Waals surface area contributed by atoms with Gasteiger partial charge in [0.15, 0.2) is 0 Å². The van der Waals surface area contributed by atoms with Gasteiger partial charge in [0.25, 0.3) is 0 Å². The molecule has 0 bridgehead atoms. The summed E-state index contributed by atoms with van der Waals surface area (Å²) >= 11 is 0. The number of nitrogens with zero attached hydrogens (tertiary/aromatic N) is 1. The van der Waals surface area contributed by atoms with E-state index in [2.05, 4.69) is 61.5 Å². The number of fused-ring (bicyclic) bond motifs is 1. The highest BCUT2D eigenvalue weighted by atomic mass is 16.5. The number of benzene rings is 4. The third kappa shape index (κ3) is 8.57. The van der Waals surface area contributed by atoms with Crippen molar-refractivity contribution in [1.82, 2.24) is 4.90 Å². The first-order valence-corrected chi connectivity index (χ1v) is 15.1. The number of hydrogen-bond acceptors (Lipinski definition) is 5. The Labute approximate surface area is 254 Å². The summed E-state index contributed by atoms with van der Waals surface area (Å²) in [5.41, 5.74) is 3.26. The van der Waals surface area contributed by atoms with Gasteiger partial charge in [-0.1, -0.05) is 85.8 Å². The molecular formula is C36H41NO6. The van der Waals surface area contributed by atoms with Gasteiger partial charge >= 0.3 is 6.09 Å². The van der Waals surface area contributed by atoms with Gasteiger partial charge in [-0.15, -0.1) is 0 Å². The number of hydrogen-bond donors (Lipinski definition) is 1. The minimum atomic E-state index is -0.959. The van der Waals surface area contributed by atoms with Gasteiger partial charge in [0.1, 0.15) is 5.75 Å². The lowest BCUT2D eigenvalue weighted by Gasteiger charge is -2.42. The highest BCUT2D eigenvalue weighted by molar-refractivity contribution is 5.82. The van der Waals surface area contributed by atoms with Crippen molar-refractivity contribution in [2.24, 2.45) is 0 Å². The maximum Gasteiger partial charge on any atom is 0.407 e. The van der Waals surface area contributed by atoms with Crippen molar-refractivity contribution < 1.29 is 28.8 Å². The summed E-state index contributed by atoms with van der Waals surface area (Å²) in [5.74, 6) is 0.664. The van der Waals surface area contributed by atoms with E-state index in [0.29, 0.717) is 39.6 Å². The molecule has 1 fully saturated rings. The van der Waals surface area contributed by atoms with Crippen molar-refractivity contribution in [3.63, 3.8) is 0 Å². The zero-order valence-corrected chi connectivity index (χ0v) is 24.8. The van der Waals surface area contributed by atoms with Crippen LogP contribution in [0.3, 0.4) is 0 Å². The first-order valence-electron chi connectivity index (χ1n) is 15.1. The molecule has 1 amide bonds. The van der Waals surface area contributed by atoms with Gasteiger partial charge in [0, 0.05) is 18.9 Å². The summed E-state index contributed by atoms with van der Waals surface area (Å²) in [6, 6.07) is 32.7. The summed E-state index contributed by atoms with van der Waals surface area (Å²) in [6.07, 6.45) is -0.00775. The van der Waals surface area contributed by atoms with Crippen LogP contribution in [0.5, 0.6) is 5.75 Å². The molecule has 5 rings (SSSR count). The van der Waals surface area contributed by atoms with Crippen LogP contribution in [-0.2, 0) is 27.4 Å². The van der Waals surface area contributed by atoms with Gasteiger partial charge in [-0.2, -0.15) is 0 Å². The number of amides is 1. The molecule has 4 aromatic rings. The Bertz CT molecular complexity index is 1430. The maximum absolute atomic E-state index is 12.1. The van der Waals surface area contributed by atoms with Crippen LogP contribution in [0.1, 0.15) is 42.4 Å². The summed E-state index contributed by atoms with van der Waals surface area (Å²) in [6.45, 7) is 5.36. The molecule has 7 nitrogen and oxygen atoms in total. The second kappa shape index (κ2) is 15.5. The average Bonchev–Trinajstić information content (AvgIpc) is 3.04. The average molecular weight is 584 g/mol. The molecule has 0 spiro atoms. The van der Waals surface area contributed by atoms with Crippen LogP contribution < -0.4 is 4.74 Å². The molecule has 3 atom stereocenters. The quantitative estimate of drug-likeness (QED) is 0.157. The van der Waals surface area contributed by atoms with Gasteiger partial charge in [-0.3, -0.25) is 0 Å². The first kappa shape index (κ1) is 30.5. The van der Waals surface area contributed by atoms with Crippen molar-refractivity contribution >= 4 is 16.9 Å². The van der Waals surface area contributed by atoms with Crippen molar-refractivity contribution in [2.45, 2.75) is 51.1 Å². The lowest BCUT2D eigenvalue weighted by molar-refractivity contribution is -0.0891. The van der Waals surface area contributed by atoms with E-state index in [9.17, 15) is 9.90 Å². The molecule has 0 aromatic heterocycles. The fourth-order valence-corrected chi connectivity index (χ4v) is 5.58. The molecule has 1 aliphatic rings. The molecule has 0 aliphatic carbocycles. The molecule has 1 saturated heterocycles. The number of piperidine rings is 1. The minimum absolute atomic E-state index is 0.122. The lowest BCUT2D eigenvalue weighted by atomic mass is 9.84. The van der Waals surface area contributed by atoms with E-state index in [-0.39, 0.29) is 24.7 Å². The predicted molar refractivity (Wildman–Crippen MR) is 168 cm³/mol. The van der Waals surface area contributed by atoms with E-state index < -0.39 is 6.09 Å². The largest absolute Gasteiger partial charge is 0.494 e. The standard InChI is InChI=1S/C36H41NO6/c1-2-19-42-33-23-37(36(38)39)24-34(43-26-28-13-14-29-11-6-7-12-31(29)22-28)35(33)30-15-17-32(18-16-30)41-21-8-20-40-25-27-9-4-3-5-10-27/h3-7,9-18,22,33-35H,2,8,19-21,23-26H2,1H3,(H,38,39). The SMILES string of the molecule is CCCOC1CN(C(=O)O)CC(OCc2ccc3ccccc3c2)C1c1ccc(OCCCOCc2ccccc2)cc1. The Morgan fingerprint density at radius 1 is 0.767 bits per heavy atom. The zero-order valence-electron chi connectivity index (χ0n) is 24.8. The maximum atomic E-state index is 12.1. The summed E-state index contributed by atoms with van der Waals surface area (Å²) < 4.78 is 24.5. The molecule has 0 saturated carbocycles. The third-order valence-electron chi connectivity index (χ3n) is 7.76. The Hall–Kier alpha value is -3.91. The predicted octanol–water partition coefficient (Wildman–Crippen LogP) is 7.28. The monoisotopic (exact) mass is 583 g/mol. The first-order chi connectivity index (χ1) is 21.1. The molecule has 43 heavy (non-hydrogen) atoms. The molecule has 3 unspecified atom stereocenters. The van der Waals surface area contributed by atoms with Gasteiger partial charge in [-0.25, -0.2) is 4.79 Å². The Kier molecular flexibility index (Phi) is 11.0. The fraction of sp³-hybridized carbons (Fsp3) is 0.361. The van der Waals surface area contributed by atoms with E-state index in [1.54, 1.807) is 0 Å². The van der Waals surface area contributed by atoms with Crippen molar-refractivity contribution in [3.8, 4) is 5.75 Å². The van der Waals surface area contributed by atoms with Crippen LogP contribution in [0.4, 0.5) is 4.79 Å². The smallest absolute Gasteiger partial charge is 0.407 e. The molecule has 1 N–H and O–H groups in total. The lowest BCUT2D eigenvalue weighted by Crippen LogP contribution is -2.54. The van der Waals surface area contributed by atoms with Crippen molar-refractivity contribution in [1.29, 1.82) is 0 Å². The molecular weight excluding hydrogens is 542 g/mol. The number of likely N-dealkylation sites (tertiary alicyclic amines) is 1. The van der Waals surface area contributed by atoms with Gasteiger partial charge in [0.05, 0.1) is 51.7 Å². The van der Waals surface area contributed by atoms with Gasteiger partial charge < -0.3 is 29.0 Å². The highest BCUT2D eigenvalue weighted by Gasteiger charge is 2.41. The number of carboxylic acid groups (broad SMARTS) is 1. The van der Waals surface area contributed by atoms with Gasteiger partial charge in [-0.05, 0) is 52.1 Å². The van der Waals surface area contributed by atoms with Crippen molar-refractivity contribution in [2.75, 3.05) is 32.9 Å². The second-order valence-corrected chi connectivity index (χ2v) is 11.0. The Morgan fingerprint density at radius 2 is 1.49 bits per heavy atom. The highest BCUT2D eigenvalue weighted by Crippen LogP contribution is 2.34. The van der Waals surface area contributed by atoms with Crippen LogP contribution in [0, 0.1) is 0 Å². The molecule has 4 aromatic carbocycles. The van der Waals surface area contributed by atoms with E-state index in [1.165, 1.54) is 10.3 Å². The summed E-state index contributed by atoms with van der Waals surface area (Å²) in [5, 5.41) is 12.2. The molecule has 1 aliphatic heterocycles. The van der Waals surface area contributed by atoms with Crippen LogP contribution in [-0.4, -0.2) is 61.2 Å². The van der Waals surface area contributed by atoms with E-state index in [0.717, 1.165) is 40.7 Å². The van der Waals surface area contributed by atoms with Crippen LogP contribution in [0.15, 0.2) is 97.1 Å². The summed E-state index contributed by atoms with van der Waals surface area (Å²) in [7, 11) is 0. The number of rotatable bonds is 14. The molecule has 0 radical (unpaired) electrons. The Balaban J connectivity index is 1.23. The number of ether oxygens (including phenoxy) is 4. The van der Waals surface area contributed by atoms with Crippen LogP contribution in [0.25, 0.3) is 10.8 Å².